The van der Waals surface area contributed by atoms with Gasteiger partial charge in [0.25, 0.3) is 5.69 Å². The van der Waals surface area contributed by atoms with Crippen molar-refractivity contribution in [2.75, 3.05) is 5.32 Å². The highest BCUT2D eigenvalue weighted by Crippen LogP contribution is 2.39. The second-order valence-electron chi connectivity index (χ2n) is 4.92. The zero-order valence-corrected chi connectivity index (χ0v) is 14.8. The van der Waals surface area contributed by atoms with E-state index in [0.717, 1.165) is 4.47 Å². The smallest absolute Gasteiger partial charge is 0.271 e. The number of nitro groups is 1. The lowest BCUT2D eigenvalue weighted by molar-refractivity contribution is -0.384. The van der Waals surface area contributed by atoms with E-state index in [1.165, 1.54) is 18.2 Å². The summed E-state index contributed by atoms with van der Waals surface area (Å²) in [7, 11) is 0. The van der Waals surface area contributed by atoms with Crippen molar-refractivity contribution in [3.63, 3.8) is 0 Å². The molecule has 0 amide bonds. The maximum absolute atomic E-state index is 10.8. The third-order valence-corrected chi connectivity index (χ3v) is 4.12. The topological polar surface area (TPSA) is 116 Å². The number of H-pyrrole nitrogens is 1. The van der Waals surface area contributed by atoms with Gasteiger partial charge in [0, 0.05) is 27.7 Å². The van der Waals surface area contributed by atoms with E-state index >= 15 is 0 Å². The highest BCUT2D eigenvalue weighted by atomic mass is 79.9. The monoisotopic (exact) mass is 419 g/mol. The van der Waals surface area contributed by atoms with Crippen molar-refractivity contribution in [1.29, 1.82) is 0 Å². The first kappa shape index (κ1) is 17.0. The molecule has 0 unspecified atom stereocenters. The van der Waals surface area contributed by atoms with Crippen LogP contribution in [0, 0.1) is 10.1 Å². The molecule has 126 valence electrons. The Balaban J connectivity index is 1.83. The summed E-state index contributed by atoms with van der Waals surface area (Å²) in [6.07, 6.45) is 0. The van der Waals surface area contributed by atoms with Gasteiger partial charge in [-0.25, -0.2) is 0 Å². The van der Waals surface area contributed by atoms with Crippen molar-refractivity contribution in [3.8, 4) is 5.88 Å². The van der Waals surface area contributed by atoms with E-state index in [0.29, 0.717) is 16.6 Å². The maximum atomic E-state index is 10.8. The molecule has 0 fully saturated rings. The third-order valence-electron chi connectivity index (χ3n) is 3.28. The number of anilines is 1. The SMILES string of the molecule is O=[N+]([O-])c1cccc(NC(=S)N=Nc2c(O)[nH]c3cccc(Br)c23)c1. The Morgan fingerprint density at radius 2 is 2.08 bits per heavy atom. The molecule has 0 bridgehead atoms. The summed E-state index contributed by atoms with van der Waals surface area (Å²) in [5, 5.41) is 32.0. The van der Waals surface area contributed by atoms with Crippen LogP contribution in [0.25, 0.3) is 10.9 Å². The first-order valence-corrected chi connectivity index (χ1v) is 8.12. The van der Waals surface area contributed by atoms with Gasteiger partial charge >= 0.3 is 0 Å². The lowest BCUT2D eigenvalue weighted by Gasteiger charge is -2.02. The van der Waals surface area contributed by atoms with Crippen LogP contribution < -0.4 is 5.32 Å². The van der Waals surface area contributed by atoms with Gasteiger partial charge in [0.15, 0.2) is 5.69 Å². The Kier molecular flexibility index (Phi) is 4.72. The number of fused-ring (bicyclic) bond motifs is 1. The number of nitrogens with one attached hydrogen (secondary N) is 2. The van der Waals surface area contributed by atoms with Gasteiger partial charge < -0.3 is 15.4 Å². The van der Waals surface area contributed by atoms with E-state index < -0.39 is 4.92 Å². The third kappa shape index (κ3) is 3.64. The highest BCUT2D eigenvalue weighted by molar-refractivity contribution is 9.10. The maximum Gasteiger partial charge on any atom is 0.271 e. The lowest BCUT2D eigenvalue weighted by Crippen LogP contribution is -2.05. The van der Waals surface area contributed by atoms with E-state index in [1.807, 2.05) is 12.1 Å². The van der Waals surface area contributed by atoms with Crippen LogP contribution in [0.1, 0.15) is 0 Å². The van der Waals surface area contributed by atoms with Crippen molar-refractivity contribution < 1.29 is 10.0 Å². The van der Waals surface area contributed by atoms with Crippen molar-refractivity contribution in [2.24, 2.45) is 10.2 Å². The van der Waals surface area contributed by atoms with Gasteiger partial charge in [-0.05, 0) is 30.4 Å². The quantitative estimate of drug-likeness (QED) is 0.238. The second kappa shape index (κ2) is 6.95. The fourth-order valence-electron chi connectivity index (χ4n) is 2.21. The molecule has 0 spiro atoms. The Morgan fingerprint density at radius 3 is 2.84 bits per heavy atom. The molecule has 0 radical (unpaired) electrons. The summed E-state index contributed by atoms with van der Waals surface area (Å²) in [6.45, 7) is 0. The Bertz CT molecular complexity index is 1020. The number of rotatable bonds is 3. The molecule has 25 heavy (non-hydrogen) atoms. The first-order chi connectivity index (χ1) is 12.0. The minimum Gasteiger partial charge on any atom is -0.493 e. The standard InChI is InChI=1S/C15H10BrN5O3S/c16-10-5-2-6-11-12(10)13(14(22)18-11)19-20-15(25)17-8-3-1-4-9(7-8)21(23)24/h1-7,18,22H,(H,17,25). The number of thiocarbonyl (C=S) groups is 1. The number of aromatic nitrogens is 1. The molecule has 8 nitrogen and oxygen atoms in total. The van der Waals surface area contributed by atoms with Gasteiger partial charge in [-0.15, -0.1) is 10.2 Å². The molecule has 0 saturated carbocycles. The Labute approximate surface area is 154 Å². The summed E-state index contributed by atoms with van der Waals surface area (Å²) in [6, 6.07) is 11.3. The number of nitro benzene ring substituents is 1. The van der Waals surface area contributed by atoms with E-state index in [9.17, 15) is 15.2 Å². The minimum absolute atomic E-state index is 0.00121. The van der Waals surface area contributed by atoms with Crippen LogP contribution in [-0.4, -0.2) is 20.1 Å². The Morgan fingerprint density at radius 1 is 1.32 bits per heavy atom. The number of nitrogens with zero attached hydrogens (tertiary/aromatic N) is 3. The van der Waals surface area contributed by atoms with Crippen LogP contribution in [0.2, 0.25) is 0 Å². The predicted octanol–water partition coefficient (Wildman–Crippen LogP) is 5.02. The lowest BCUT2D eigenvalue weighted by atomic mass is 10.2. The summed E-state index contributed by atoms with van der Waals surface area (Å²) in [5.41, 5.74) is 1.29. The number of hydrogen-bond acceptors (Lipinski definition) is 5. The molecule has 3 rings (SSSR count). The molecule has 0 aliphatic heterocycles. The summed E-state index contributed by atoms with van der Waals surface area (Å²) in [4.78, 5) is 13.1. The average molecular weight is 420 g/mol. The Hall–Kier alpha value is -2.85. The fraction of sp³-hybridized carbons (Fsp3) is 0. The van der Waals surface area contributed by atoms with E-state index in [-0.39, 0.29) is 22.4 Å². The number of non-ortho nitro benzene ring substituents is 1. The molecule has 1 aromatic heterocycles. The molecule has 0 saturated heterocycles. The molecule has 2 aromatic carbocycles. The predicted molar refractivity (Wildman–Crippen MR) is 101 cm³/mol. The molecule has 1 heterocycles. The van der Waals surface area contributed by atoms with Gasteiger partial charge in [0.05, 0.1) is 10.4 Å². The van der Waals surface area contributed by atoms with E-state index in [1.54, 1.807) is 12.1 Å². The molecular weight excluding hydrogens is 410 g/mol. The number of aromatic hydroxyl groups is 1. The van der Waals surface area contributed by atoms with Gasteiger partial charge in [-0.1, -0.05) is 28.1 Å². The number of azo groups is 1. The van der Waals surface area contributed by atoms with Crippen molar-refractivity contribution in [3.05, 3.63) is 57.1 Å². The fourth-order valence-corrected chi connectivity index (χ4v) is 2.93. The summed E-state index contributed by atoms with van der Waals surface area (Å²) < 4.78 is 0.744. The van der Waals surface area contributed by atoms with Crippen molar-refractivity contribution in [1.82, 2.24) is 4.98 Å². The van der Waals surface area contributed by atoms with E-state index in [2.05, 4.69) is 36.5 Å². The summed E-state index contributed by atoms with van der Waals surface area (Å²) in [5.74, 6) is -0.135. The largest absolute Gasteiger partial charge is 0.493 e. The summed E-state index contributed by atoms with van der Waals surface area (Å²) >= 11 is 8.47. The zero-order chi connectivity index (χ0) is 18.0. The molecule has 3 aromatic rings. The number of halogens is 1. The van der Waals surface area contributed by atoms with Gasteiger partial charge in [-0.3, -0.25) is 10.1 Å². The number of aromatic amines is 1. The minimum atomic E-state index is -0.503. The molecule has 0 aliphatic rings. The van der Waals surface area contributed by atoms with Gasteiger partial charge in [-0.2, -0.15) is 0 Å². The van der Waals surface area contributed by atoms with Crippen molar-refractivity contribution >= 4 is 61.2 Å². The highest BCUT2D eigenvalue weighted by Gasteiger charge is 2.13. The zero-order valence-electron chi connectivity index (χ0n) is 12.4. The van der Waals surface area contributed by atoms with Gasteiger partial charge in [0.2, 0.25) is 11.0 Å². The van der Waals surface area contributed by atoms with Crippen LogP contribution in [0.3, 0.4) is 0 Å². The average Bonchev–Trinajstić information content (AvgIpc) is 2.90. The molecule has 3 N–H and O–H groups in total. The second-order valence-corrected chi connectivity index (χ2v) is 6.16. The number of benzene rings is 2. The van der Waals surface area contributed by atoms with Gasteiger partial charge in [0.1, 0.15) is 0 Å². The van der Waals surface area contributed by atoms with Crippen LogP contribution in [0.15, 0.2) is 57.2 Å². The molecule has 0 atom stereocenters. The normalized spacial score (nSPS) is 11.1. The molecule has 0 aliphatic carbocycles. The van der Waals surface area contributed by atoms with Crippen LogP contribution in [0.4, 0.5) is 17.1 Å². The van der Waals surface area contributed by atoms with Crippen molar-refractivity contribution in [2.45, 2.75) is 0 Å². The number of hydrogen-bond donors (Lipinski definition) is 3. The van der Waals surface area contributed by atoms with Crippen LogP contribution >= 0.6 is 28.1 Å². The first-order valence-electron chi connectivity index (χ1n) is 6.92. The molecule has 10 heteroatoms. The molecular formula is C15H10BrN5O3S. The van der Waals surface area contributed by atoms with Crippen LogP contribution in [0.5, 0.6) is 5.88 Å². The van der Waals surface area contributed by atoms with Crippen LogP contribution in [-0.2, 0) is 0 Å². The van der Waals surface area contributed by atoms with E-state index in [4.69, 9.17) is 12.2 Å².